The van der Waals surface area contributed by atoms with Crippen molar-refractivity contribution in [1.29, 1.82) is 0 Å². The van der Waals surface area contributed by atoms with Crippen molar-refractivity contribution in [1.82, 2.24) is 9.97 Å². The summed E-state index contributed by atoms with van der Waals surface area (Å²) < 4.78 is 12.4. The molecule has 0 fully saturated rings. The lowest BCUT2D eigenvalue weighted by molar-refractivity contribution is 0.0970. The number of amides is 1. The molecular weight excluding hydrogens is 438 g/mol. The summed E-state index contributed by atoms with van der Waals surface area (Å²) >= 11 is 1.36. The third kappa shape index (κ3) is 3.02. The Kier molecular flexibility index (Phi) is 4.48. The molecule has 8 heteroatoms. The first-order valence-electron chi connectivity index (χ1n) is 10.5. The maximum atomic E-state index is 13.6. The molecule has 6 rings (SSSR count). The van der Waals surface area contributed by atoms with Crippen molar-refractivity contribution in [3.05, 3.63) is 94.1 Å². The zero-order valence-corrected chi connectivity index (χ0v) is 18.3. The van der Waals surface area contributed by atoms with Crippen LogP contribution < -0.4 is 15.1 Å². The van der Waals surface area contributed by atoms with Crippen LogP contribution in [0.2, 0.25) is 0 Å². The predicted octanol–water partition coefficient (Wildman–Crippen LogP) is 4.95. The van der Waals surface area contributed by atoms with Crippen LogP contribution in [0, 0.1) is 0 Å². The second-order valence-electron chi connectivity index (χ2n) is 7.56. The van der Waals surface area contributed by atoms with Crippen LogP contribution in [-0.4, -0.2) is 22.5 Å². The van der Waals surface area contributed by atoms with Crippen molar-refractivity contribution in [2.45, 2.75) is 13.0 Å². The Labute approximate surface area is 191 Å². The standard InChI is InChI=1S/C25H17N3O4S/c1-2-31-14-10-11-16-19(13-14)33-25(27-16)28-21(17-8-5-6-12-26-17)20-22(29)15-7-3-4-9-18(15)32-23(20)24(28)30/h3-13,21H,2H2,1H3. The van der Waals surface area contributed by atoms with Crippen LogP contribution in [-0.2, 0) is 0 Å². The first kappa shape index (κ1) is 19.6. The third-order valence-electron chi connectivity index (χ3n) is 5.61. The maximum absolute atomic E-state index is 13.6. The minimum Gasteiger partial charge on any atom is -0.494 e. The number of nitrogens with zero attached hydrogens (tertiary/aromatic N) is 3. The van der Waals surface area contributed by atoms with E-state index in [0.717, 1.165) is 16.0 Å². The zero-order valence-electron chi connectivity index (χ0n) is 17.5. The molecule has 0 saturated heterocycles. The minimum atomic E-state index is -0.735. The molecule has 0 spiro atoms. The van der Waals surface area contributed by atoms with Crippen LogP contribution in [0.3, 0.4) is 0 Å². The van der Waals surface area contributed by atoms with Crippen LogP contribution in [0.25, 0.3) is 21.2 Å². The van der Waals surface area contributed by atoms with Gasteiger partial charge in [0.25, 0.3) is 5.91 Å². The number of hydrogen-bond donors (Lipinski definition) is 0. The molecule has 1 unspecified atom stereocenters. The highest BCUT2D eigenvalue weighted by Gasteiger charge is 2.45. The fourth-order valence-electron chi connectivity index (χ4n) is 4.19. The SMILES string of the molecule is CCOc1ccc2nc(N3C(=O)c4oc5ccccc5c(=O)c4C3c3ccccn3)sc2c1. The van der Waals surface area contributed by atoms with Gasteiger partial charge in [-0.15, -0.1) is 0 Å². The fraction of sp³-hybridized carbons (Fsp3) is 0.120. The fourth-order valence-corrected chi connectivity index (χ4v) is 5.21. The second kappa shape index (κ2) is 7.53. The molecule has 1 aliphatic rings. The second-order valence-corrected chi connectivity index (χ2v) is 8.57. The van der Waals surface area contributed by atoms with Crippen molar-refractivity contribution < 1.29 is 13.9 Å². The predicted molar refractivity (Wildman–Crippen MR) is 126 cm³/mol. The molecule has 2 aromatic carbocycles. The number of carbonyl (C=O) groups is 1. The number of benzene rings is 2. The van der Waals surface area contributed by atoms with E-state index in [0.29, 0.717) is 28.4 Å². The first-order chi connectivity index (χ1) is 16.2. The summed E-state index contributed by atoms with van der Waals surface area (Å²) in [5.41, 5.74) is 1.74. The molecule has 0 aliphatic carbocycles. The van der Waals surface area contributed by atoms with Crippen molar-refractivity contribution in [2.24, 2.45) is 0 Å². The van der Waals surface area contributed by atoms with Gasteiger partial charge < -0.3 is 9.15 Å². The number of ether oxygens (including phenoxy) is 1. The Morgan fingerprint density at radius 2 is 1.94 bits per heavy atom. The van der Waals surface area contributed by atoms with Crippen molar-refractivity contribution in [3.63, 3.8) is 0 Å². The van der Waals surface area contributed by atoms with E-state index in [2.05, 4.69) is 4.98 Å². The summed E-state index contributed by atoms with van der Waals surface area (Å²) in [5, 5.41) is 0.895. The van der Waals surface area contributed by atoms with Crippen LogP contribution >= 0.6 is 11.3 Å². The number of para-hydroxylation sites is 1. The lowest BCUT2D eigenvalue weighted by atomic mass is 10.0. The number of fused-ring (bicyclic) bond motifs is 3. The van der Waals surface area contributed by atoms with Gasteiger partial charge >= 0.3 is 0 Å². The van der Waals surface area contributed by atoms with Crippen molar-refractivity contribution in [2.75, 3.05) is 11.5 Å². The van der Waals surface area contributed by atoms with E-state index in [-0.39, 0.29) is 16.8 Å². The van der Waals surface area contributed by atoms with Gasteiger partial charge in [-0.3, -0.25) is 19.5 Å². The lowest BCUT2D eigenvalue weighted by Gasteiger charge is -2.21. The van der Waals surface area contributed by atoms with E-state index in [1.807, 2.05) is 31.2 Å². The Bertz CT molecular complexity index is 1590. The molecule has 3 aromatic heterocycles. The Balaban J connectivity index is 1.58. The molecule has 7 nitrogen and oxygen atoms in total. The number of carbonyl (C=O) groups excluding carboxylic acids is 1. The monoisotopic (exact) mass is 455 g/mol. The average molecular weight is 455 g/mol. The number of rotatable bonds is 4. The Morgan fingerprint density at radius 1 is 1.09 bits per heavy atom. The van der Waals surface area contributed by atoms with Gasteiger partial charge in [0.2, 0.25) is 5.76 Å². The van der Waals surface area contributed by atoms with E-state index in [1.165, 1.54) is 16.2 Å². The maximum Gasteiger partial charge on any atom is 0.297 e. The third-order valence-corrected chi connectivity index (χ3v) is 6.63. The Hall–Kier alpha value is -4.04. The highest BCUT2D eigenvalue weighted by Crippen LogP contribution is 2.43. The number of hydrogen-bond acceptors (Lipinski definition) is 7. The largest absolute Gasteiger partial charge is 0.494 e. The van der Waals surface area contributed by atoms with Gasteiger partial charge in [0.05, 0.1) is 33.5 Å². The molecule has 162 valence electrons. The van der Waals surface area contributed by atoms with E-state index in [1.54, 1.807) is 42.6 Å². The summed E-state index contributed by atoms with van der Waals surface area (Å²) in [6.07, 6.45) is 1.64. The lowest BCUT2D eigenvalue weighted by Crippen LogP contribution is -2.29. The molecule has 0 radical (unpaired) electrons. The topological polar surface area (TPSA) is 85.5 Å². The van der Waals surface area contributed by atoms with E-state index >= 15 is 0 Å². The van der Waals surface area contributed by atoms with Gasteiger partial charge in [0.1, 0.15) is 17.4 Å². The molecule has 1 aliphatic heterocycles. The van der Waals surface area contributed by atoms with Crippen LogP contribution in [0.15, 0.2) is 76.1 Å². The van der Waals surface area contributed by atoms with Gasteiger partial charge in [-0.05, 0) is 49.4 Å². The molecule has 33 heavy (non-hydrogen) atoms. The van der Waals surface area contributed by atoms with Crippen LogP contribution in [0.1, 0.15) is 34.8 Å². The molecule has 0 saturated carbocycles. The van der Waals surface area contributed by atoms with Crippen LogP contribution in [0.4, 0.5) is 5.13 Å². The van der Waals surface area contributed by atoms with Crippen molar-refractivity contribution in [3.8, 4) is 5.75 Å². The molecule has 5 aromatic rings. The summed E-state index contributed by atoms with van der Waals surface area (Å²) in [7, 11) is 0. The summed E-state index contributed by atoms with van der Waals surface area (Å²) in [4.78, 5) is 37.8. The van der Waals surface area contributed by atoms with E-state index in [9.17, 15) is 9.59 Å². The van der Waals surface area contributed by atoms with Crippen LogP contribution in [0.5, 0.6) is 5.75 Å². The summed E-state index contributed by atoms with van der Waals surface area (Å²) in [6, 6.07) is 17.3. The van der Waals surface area contributed by atoms with Gasteiger partial charge in [0.15, 0.2) is 10.6 Å². The van der Waals surface area contributed by atoms with E-state index in [4.69, 9.17) is 14.1 Å². The quantitative estimate of drug-likeness (QED) is 0.381. The number of pyridine rings is 1. The first-order valence-corrected chi connectivity index (χ1v) is 11.3. The van der Waals surface area contributed by atoms with Gasteiger partial charge in [-0.2, -0.15) is 0 Å². The van der Waals surface area contributed by atoms with Gasteiger partial charge in [-0.1, -0.05) is 29.5 Å². The highest BCUT2D eigenvalue weighted by atomic mass is 32.1. The van der Waals surface area contributed by atoms with Gasteiger partial charge in [-0.25, -0.2) is 4.98 Å². The molecule has 0 N–H and O–H groups in total. The zero-order chi connectivity index (χ0) is 22.5. The molecule has 4 heterocycles. The average Bonchev–Trinajstić information content (AvgIpc) is 3.38. The number of aromatic nitrogens is 2. The molecule has 1 atom stereocenters. The van der Waals surface area contributed by atoms with Crippen molar-refractivity contribution >= 4 is 43.6 Å². The molecule has 0 bridgehead atoms. The summed E-state index contributed by atoms with van der Waals surface area (Å²) in [6.45, 7) is 2.48. The number of thiazole rings is 1. The number of anilines is 1. The Morgan fingerprint density at radius 3 is 2.76 bits per heavy atom. The van der Waals surface area contributed by atoms with E-state index < -0.39 is 11.9 Å². The molecule has 1 amide bonds. The minimum absolute atomic E-state index is 0.0311. The molecular formula is C25H17N3O4S. The smallest absolute Gasteiger partial charge is 0.297 e. The van der Waals surface area contributed by atoms with Gasteiger partial charge in [0, 0.05) is 6.20 Å². The summed E-state index contributed by atoms with van der Waals surface area (Å²) in [5.74, 6) is 0.358. The normalized spacial score (nSPS) is 15.4. The highest BCUT2D eigenvalue weighted by molar-refractivity contribution is 7.22.